The van der Waals surface area contributed by atoms with E-state index in [1.807, 2.05) is 12.1 Å². The summed E-state index contributed by atoms with van der Waals surface area (Å²) in [5, 5.41) is 0.471. The fraction of sp³-hybridized carbons (Fsp3) is 0.429. The number of alkyl halides is 2. The Morgan fingerprint density at radius 3 is 2.59 bits per heavy atom. The first-order valence-corrected chi connectivity index (χ1v) is 7.40. The molecular formula is C14H16ClF2N5. The number of halogens is 3. The SMILES string of the molecule is FC(F)n1ccnc1CN1CCN(c2ccnc(Cl)c2)CC1. The van der Waals surface area contributed by atoms with E-state index in [-0.39, 0.29) is 0 Å². The summed E-state index contributed by atoms with van der Waals surface area (Å²) < 4.78 is 26.5. The maximum atomic E-state index is 12.8. The molecule has 0 N–H and O–H groups in total. The lowest BCUT2D eigenvalue weighted by molar-refractivity contribution is 0.0637. The average molecular weight is 328 g/mol. The molecule has 2 aromatic heterocycles. The maximum absolute atomic E-state index is 12.8. The van der Waals surface area contributed by atoms with Crippen LogP contribution in [0.25, 0.3) is 0 Å². The normalized spacial score (nSPS) is 16.5. The monoisotopic (exact) mass is 327 g/mol. The van der Waals surface area contributed by atoms with E-state index in [9.17, 15) is 8.78 Å². The van der Waals surface area contributed by atoms with Gasteiger partial charge in [0.2, 0.25) is 0 Å². The fourth-order valence-corrected chi connectivity index (χ4v) is 2.77. The Balaban J connectivity index is 1.59. The Hall–Kier alpha value is -1.73. The van der Waals surface area contributed by atoms with E-state index >= 15 is 0 Å². The second-order valence-corrected chi connectivity index (χ2v) is 5.52. The zero-order chi connectivity index (χ0) is 15.5. The van der Waals surface area contributed by atoms with Gasteiger partial charge in [-0.1, -0.05) is 11.6 Å². The summed E-state index contributed by atoms with van der Waals surface area (Å²) >= 11 is 5.90. The fourth-order valence-electron chi connectivity index (χ4n) is 2.60. The molecule has 0 spiro atoms. The maximum Gasteiger partial charge on any atom is 0.319 e. The second-order valence-electron chi connectivity index (χ2n) is 5.13. The van der Waals surface area contributed by atoms with Crippen molar-refractivity contribution in [3.63, 3.8) is 0 Å². The molecule has 3 rings (SSSR count). The van der Waals surface area contributed by atoms with Gasteiger partial charge in [-0.3, -0.25) is 9.47 Å². The van der Waals surface area contributed by atoms with Crippen molar-refractivity contribution in [1.29, 1.82) is 0 Å². The van der Waals surface area contributed by atoms with Crippen LogP contribution in [0, 0.1) is 0 Å². The average Bonchev–Trinajstić information content (AvgIpc) is 2.96. The third-order valence-corrected chi connectivity index (χ3v) is 3.98. The van der Waals surface area contributed by atoms with Crippen molar-refractivity contribution < 1.29 is 8.78 Å². The Morgan fingerprint density at radius 1 is 1.14 bits per heavy atom. The molecule has 0 amide bonds. The number of nitrogens with zero attached hydrogens (tertiary/aromatic N) is 5. The van der Waals surface area contributed by atoms with Gasteiger partial charge in [0.05, 0.1) is 6.54 Å². The standard InChI is InChI=1S/C14H16ClF2N5/c15-12-9-11(1-2-18-12)21-7-5-20(6-8-21)10-13-19-3-4-22(13)14(16)17/h1-4,9,14H,5-8,10H2. The highest BCUT2D eigenvalue weighted by Crippen LogP contribution is 2.20. The largest absolute Gasteiger partial charge is 0.369 e. The number of hydrogen-bond acceptors (Lipinski definition) is 4. The van der Waals surface area contributed by atoms with Gasteiger partial charge >= 0.3 is 6.55 Å². The van der Waals surface area contributed by atoms with Crippen LogP contribution >= 0.6 is 11.6 Å². The molecule has 0 radical (unpaired) electrons. The molecule has 1 aliphatic heterocycles. The van der Waals surface area contributed by atoms with Crippen LogP contribution in [0.4, 0.5) is 14.5 Å². The Labute approximate surface area is 132 Å². The van der Waals surface area contributed by atoms with Crippen LogP contribution in [0.15, 0.2) is 30.7 Å². The molecule has 118 valence electrons. The predicted octanol–water partition coefficient (Wildman–Crippen LogP) is 2.65. The molecule has 1 aliphatic rings. The van der Waals surface area contributed by atoms with Gasteiger partial charge in [0, 0.05) is 50.5 Å². The van der Waals surface area contributed by atoms with Crippen LogP contribution in [0.5, 0.6) is 0 Å². The summed E-state index contributed by atoms with van der Waals surface area (Å²) in [5.74, 6) is 0.399. The zero-order valence-electron chi connectivity index (χ0n) is 11.9. The second kappa shape index (κ2) is 6.58. The zero-order valence-corrected chi connectivity index (χ0v) is 12.6. The van der Waals surface area contributed by atoms with Gasteiger partial charge in [-0.15, -0.1) is 0 Å². The van der Waals surface area contributed by atoms with Crippen molar-refractivity contribution in [3.8, 4) is 0 Å². The van der Waals surface area contributed by atoms with Gasteiger partial charge in [0.15, 0.2) is 0 Å². The number of piperazine rings is 1. The number of imidazole rings is 1. The number of hydrogen-bond donors (Lipinski definition) is 0. The molecule has 2 aromatic rings. The predicted molar refractivity (Wildman–Crippen MR) is 80.2 cm³/mol. The third-order valence-electron chi connectivity index (χ3n) is 3.77. The highest BCUT2D eigenvalue weighted by molar-refractivity contribution is 6.29. The molecule has 0 aliphatic carbocycles. The van der Waals surface area contributed by atoms with Gasteiger partial charge in [-0.25, -0.2) is 9.97 Å². The minimum absolute atomic E-state index is 0.399. The number of anilines is 1. The van der Waals surface area contributed by atoms with Crippen LogP contribution in [0.3, 0.4) is 0 Å². The topological polar surface area (TPSA) is 37.2 Å². The van der Waals surface area contributed by atoms with Crippen LogP contribution < -0.4 is 4.90 Å². The third kappa shape index (κ3) is 3.36. The number of rotatable bonds is 4. The first-order chi connectivity index (χ1) is 10.6. The molecule has 22 heavy (non-hydrogen) atoms. The van der Waals surface area contributed by atoms with Crippen molar-refractivity contribution in [2.24, 2.45) is 0 Å². The van der Waals surface area contributed by atoms with Gasteiger partial charge < -0.3 is 4.90 Å². The molecule has 1 saturated heterocycles. The molecule has 8 heteroatoms. The summed E-state index contributed by atoms with van der Waals surface area (Å²) in [6.07, 6.45) is 4.41. The van der Waals surface area contributed by atoms with Gasteiger partial charge in [-0.2, -0.15) is 8.78 Å². The van der Waals surface area contributed by atoms with Crippen LogP contribution in [0.2, 0.25) is 5.15 Å². The van der Waals surface area contributed by atoms with E-state index in [0.29, 0.717) is 17.5 Å². The van der Waals surface area contributed by atoms with Gasteiger partial charge in [0.25, 0.3) is 0 Å². The molecule has 0 saturated carbocycles. The highest BCUT2D eigenvalue weighted by atomic mass is 35.5. The molecule has 5 nitrogen and oxygen atoms in total. The van der Waals surface area contributed by atoms with E-state index in [0.717, 1.165) is 36.4 Å². The minimum Gasteiger partial charge on any atom is -0.369 e. The smallest absolute Gasteiger partial charge is 0.319 e. The van der Waals surface area contributed by atoms with Crippen molar-refractivity contribution in [3.05, 3.63) is 41.7 Å². The van der Waals surface area contributed by atoms with Gasteiger partial charge in [0.1, 0.15) is 11.0 Å². The molecule has 0 atom stereocenters. The Morgan fingerprint density at radius 2 is 1.91 bits per heavy atom. The molecule has 1 fully saturated rings. The molecule has 0 bridgehead atoms. The molecule has 3 heterocycles. The van der Waals surface area contributed by atoms with E-state index < -0.39 is 6.55 Å². The first-order valence-electron chi connectivity index (χ1n) is 7.02. The lowest BCUT2D eigenvalue weighted by Gasteiger charge is -2.35. The number of aromatic nitrogens is 3. The van der Waals surface area contributed by atoms with E-state index in [1.54, 1.807) is 6.20 Å². The Bertz CT molecular complexity index is 625. The summed E-state index contributed by atoms with van der Waals surface area (Å²) in [4.78, 5) is 12.3. The minimum atomic E-state index is -2.54. The van der Waals surface area contributed by atoms with Crippen LogP contribution in [0.1, 0.15) is 12.4 Å². The van der Waals surface area contributed by atoms with Gasteiger partial charge in [-0.05, 0) is 12.1 Å². The highest BCUT2D eigenvalue weighted by Gasteiger charge is 2.20. The van der Waals surface area contributed by atoms with Crippen molar-refractivity contribution in [2.75, 3.05) is 31.1 Å². The van der Waals surface area contributed by atoms with Crippen LogP contribution in [-0.4, -0.2) is 45.6 Å². The first kappa shape index (κ1) is 15.2. The van der Waals surface area contributed by atoms with Crippen molar-refractivity contribution in [1.82, 2.24) is 19.4 Å². The summed E-state index contributed by atoms with van der Waals surface area (Å²) in [6.45, 7) is 1.09. The van der Waals surface area contributed by atoms with Crippen molar-refractivity contribution in [2.45, 2.75) is 13.1 Å². The van der Waals surface area contributed by atoms with E-state index in [2.05, 4.69) is 19.8 Å². The summed E-state index contributed by atoms with van der Waals surface area (Å²) in [7, 11) is 0. The number of pyridine rings is 1. The van der Waals surface area contributed by atoms with E-state index in [1.165, 1.54) is 12.4 Å². The molecule has 0 unspecified atom stereocenters. The Kier molecular flexibility index (Phi) is 4.54. The lowest BCUT2D eigenvalue weighted by Crippen LogP contribution is -2.46. The molecule has 0 aromatic carbocycles. The quantitative estimate of drug-likeness (QED) is 0.809. The van der Waals surface area contributed by atoms with E-state index in [4.69, 9.17) is 11.6 Å². The lowest BCUT2D eigenvalue weighted by atomic mass is 10.2. The summed E-state index contributed by atoms with van der Waals surface area (Å²) in [6, 6.07) is 3.76. The van der Waals surface area contributed by atoms with Crippen molar-refractivity contribution >= 4 is 17.3 Å². The molecular weight excluding hydrogens is 312 g/mol. The van der Waals surface area contributed by atoms with Crippen LogP contribution in [-0.2, 0) is 6.54 Å². The summed E-state index contributed by atoms with van der Waals surface area (Å²) in [5.41, 5.74) is 1.04.